The summed E-state index contributed by atoms with van der Waals surface area (Å²) in [5, 5.41) is 4.43. The number of anilines is 1. The number of hydrogen-bond acceptors (Lipinski definition) is 4. The number of ether oxygens (including phenoxy) is 1. The lowest BCUT2D eigenvalue weighted by Gasteiger charge is -2.33. The number of aliphatic imine (C=N–C) groups is 1. The Labute approximate surface area is 204 Å². The molecule has 4 rings (SSSR count). The molecule has 0 spiro atoms. The molecule has 1 aliphatic carbocycles. The van der Waals surface area contributed by atoms with Crippen LogP contribution >= 0.6 is 22.9 Å². The maximum Gasteiger partial charge on any atom is 0.259 e. The molecule has 1 amide bonds. The number of carbonyl (C=O) groups is 1. The van der Waals surface area contributed by atoms with Crippen LogP contribution in [0.15, 0.2) is 53.5 Å². The number of rotatable bonds is 5. The van der Waals surface area contributed by atoms with E-state index in [1.54, 1.807) is 30.6 Å². The fraction of sp³-hybridized carbons (Fsp3) is 0.333. The summed E-state index contributed by atoms with van der Waals surface area (Å²) in [4.78, 5) is 19.5. The van der Waals surface area contributed by atoms with Gasteiger partial charge in [0, 0.05) is 21.8 Å². The molecule has 0 fully saturated rings. The molecule has 1 N–H and O–H groups in total. The van der Waals surface area contributed by atoms with Gasteiger partial charge in [0.1, 0.15) is 10.8 Å². The van der Waals surface area contributed by atoms with Gasteiger partial charge in [-0.15, -0.1) is 11.3 Å². The molecule has 1 aromatic heterocycles. The minimum Gasteiger partial charge on any atom is -0.497 e. The van der Waals surface area contributed by atoms with Crippen LogP contribution in [0.4, 0.5) is 10.7 Å². The van der Waals surface area contributed by atoms with Crippen molar-refractivity contribution in [2.24, 2.45) is 16.3 Å². The van der Waals surface area contributed by atoms with E-state index in [2.05, 4.69) is 26.1 Å². The first-order valence-electron chi connectivity index (χ1n) is 11.1. The third-order valence-corrected chi connectivity index (χ3v) is 7.66. The van der Waals surface area contributed by atoms with E-state index >= 15 is 0 Å². The van der Waals surface area contributed by atoms with Gasteiger partial charge in [-0.2, -0.15) is 0 Å². The molecule has 4 nitrogen and oxygen atoms in total. The summed E-state index contributed by atoms with van der Waals surface area (Å²) in [6.07, 6.45) is 4.78. The van der Waals surface area contributed by atoms with E-state index in [1.165, 1.54) is 4.88 Å². The number of carbonyl (C=O) groups excluding carboxylic acids is 1. The minimum absolute atomic E-state index is 0.120. The lowest BCUT2D eigenvalue weighted by atomic mass is 9.72. The number of methoxy groups -OCH3 is 1. The Balaban J connectivity index is 1.68. The van der Waals surface area contributed by atoms with Gasteiger partial charge in [0.25, 0.3) is 5.91 Å². The molecule has 1 atom stereocenters. The summed E-state index contributed by atoms with van der Waals surface area (Å²) in [7, 11) is 1.65. The number of benzene rings is 2. The van der Waals surface area contributed by atoms with Crippen molar-refractivity contribution < 1.29 is 9.53 Å². The summed E-state index contributed by atoms with van der Waals surface area (Å²) in [6.45, 7) is 6.90. The second-order valence-corrected chi connectivity index (χ2v) is 11.0. The van der Waals surface area contributed by atoms with E-state index in [1.807, 2.05) is 42.6 Å². The number of amides is 1. The number of nitrogens with zero attached hydrogens (tertiary/aromatic N) is 1. The maximum atomic E-state index is 13.4. The third-order valence-electron chi connectivity index (χ3n) is 6.25. The van der Waals surface area contributed by atoms with Crippen LogP contribution in [0.5, 0.6) is 5.75 Å². The first kappa shape index (κ1) is 23.5. The Morgan fingerprint density at radius 1 is 1.15 bits per heavy atom. The number of fused-ring (bicyclic) bond motifs is 1. The van der Waals surface area contributed by atoms with Gasteiger partial charge in [0.2, 0.25) is 0 Å². The molecule has 172 valence electrons. The molecule has 0 unspecified atom stereocenters. The first-order valence-corrected chi connectivity index (χ1v) is 12.3. The summed E-state index contributed by atoms with van der Waals surface area (Å²) in [5.74, 6) is 1.27. The van der Waals surface area contributed by atoms with Gasteiger partial charge in [0.05, 0.1) is 12.7 Å². The topological polar surface area (TPSA) is 50.7 Å². The standard InChI is InChI=1S/C27H29ClN2O2S/c1-27(2,3)18-7-14-22-23(15-18)33-26(29-16-17-5-12-21(32-4)13-6-17)24(22)25(31)30-20-10-8-19(28)9-11-20/h5-6,8-13,16,18H,7,14-15H2,1-4H3,(H,30,31)/t18-/m0/s1. The average molecular weight is 481 g/mol. The zero-order chi connectivity index (χ0) is 23.6. The first-order chi connectivity index (χ1) is 15.7. The molecule has 0 saturated carbocycles. The Hall–Kier alpha value is -2.63. The molecule has 2 aromatic carbocycles. The highest BCUT2D eigenvalue weighted by molar-refractivity contribution is 7.16. The van der Waals surface area contributed by atoms with Crippen LogP contribution in [-0.2, 0) is 12.8 Å². The molecule has 3 aromatic rings. The highest BCUT2D eigenvalue weighted by Crippen LogP contribution is 2.45. The minimum atomic E-state index is -0.120. The second kappa shape index (κ2) is 9.70. The van der Waals surface area contributed by atoms with Crippen LogP contribution < -0.4 is 10.1 Å². The molecular formula is C27H29ClN2O2S. The number of hydrogen-bond donors (Lipinski definition) is 1. The van der Waals surface area contributed by atoms with Gasteiger partial charge < -0.3 is 10.1 Å². The van der Waals surface area contributed by atoms with Crippen molar-refractivity contribution >= 4 is 45.7 Å². The normalized spacial score (nSPS) is 16.0. The van der Waals surface area contributed by atoms with Crippen molar-refractivity contribution in [1.29, 1.82) is 0 Å². The zero-order valence-corrected chi connectivity index (χ0v) is 21.0. The average Bonchev–Trinajstić information content (AvgIpc) is 3.16. The van der Waals surface area contributed by atoms with E-state index in [0.29, 0.717) is 16.5 Å². The van der Waals surface area contributed by atoms with Crippen LogP contribution in [0.1, 0.15) is 53.6 Å². The van der Waals surface area contributed by atoms with Crippen LogP contribution in [0.3, 0.4) is 0 Å². The summed E-state index contributed by atoms with van der Waals surface area (Å²) in [6, 6.07) is 14.9. The van der Waals surface area contributed by atoms with Gasteiger partial charge >= 0.3 is 0 Å². The molecular weight excluding hydrogens is 452 g/mol. The molecule has 0 bridgehead atoms. The van der Waals surface area contributed by atoms with Crippen LogP contribution in [0.25, 0.3) is 0 Å². The van der Waals surface area contributed by atoms with Crippen molar-refractivity contribution in [3.63, 3.8) is 0 Å². The largest absolute Gasteiger partial charge is 0.497 e. The molecule has 0 saturated heterocycles. The van der Waals surface area contributed by atoms with E-state index in [-0.39, 0.29) is 11.3 Å². The predicted octanol–water partition coefficient (Wildman–Crippen LogP) is 7.56. The molecule has 1 heterocycles. The van der Waals surface area contributed by atoms with Crippen molar-refractivity contribution in [3.05, 3.63) is 75.1 Å². The fourth-order valence-electron chi connectivity index (χ4n) is 4.19. The Bertz CT molecular complexity index is 1160. The molecule has 0 radical (unpaired) electrons. The summed E-state index contributed by atoms with van der Waals surface area (Å²) in [5.41, 5.74) is 3.76. The predicted molar refractivity (Wildman–Crippen MR) is 139 cm³/mol. The zero-order valence-electron chi connectivity index (χ0n) is 19.4. The van der Waals surface area contributed by atoms with Crippen molar-refractivity contribution in [3.8, 4) is 5.75 Å². The van der Waals surface area contributed by atoms with Gasteiger partial charge in [-0.3, -0.25) is 4.79 Å². The quantitative estimate of drug-likeness (QED) is 0.383. The SMILES string of the molecule is COc1ccc(C=Nc2sc3c(c2C(=O)Nc2ccc(Cl)cc2)CC[C@H](C(C)(C)C)C3)cc1. The van der Waals surface area contributed by atoms with E-state index in [4.69, 9.17) is 21.3 Å². The number of nitrogens with one attached hydrogen (secondary N) is 1. The highest BCUT2D eigenvalue weighted by Gasteiger charge is 2.33. The van der Waals surface area contributed by atoms with Crippen molar-refractivity contribution in [1.82, 2.24) is 0 Å². The summed E-state index contributed by atoms with van der Waals surface area (Å²) < 4.78 is 5.24. The van der Waals surface area contributed by atoms with E-state index in [9.17, 15) is 4.79 Å². The summed E-state index contributed by atoms with van der Waals surface area (Å²) >= 11 is 7.64. The number of thiophene rings is 1. The second-order valence-electron chi connectivity index (χ2n) is 9.48. The van der Waals surface area contributed by atoms with E-state index < -0.39 is 0 Å². The molecule has 0 aliphatic heterocycles. The molecule has 33 heavy (non-hydrogen) atoms. The van der Waals surface area contributed by atoms with Crippen LogP contribution in [0, 0.1) is 11.3 Å². The Morgan fingerprint density at radius 2 is 1.85 bits per heavy atom. The van der Waals surface area contributed by atoms with Crippen LogP contribution in [0.2, 0.25) is 5.02 Å². The maximum absolute atomic E-state index is 13.4. The molecule has 1 aliphatic rings. The lowest BCUT2D eigenvalue weighted by Crippen LogP contribution is -2.27. The monoisotopic (exact) mass is 480 g/mol. The fourth-order valence-corrected chi connectivity index (χ4v) is 5.58. The van der Waals surface area contributed by atoms with Gasteiger partial charge in [0.15, 0.2) is 0 Å². The van der Waals surface area contributed by atoms with Gasteiger partial charge in [-0.25, -0.2) is 4.99 Å². The highest BCUT2D eigenvalue weighted by atomic mass is 35.5. The van der Waals surface area contributed by atoms with E-state index in [0.717, 1.165) is 46.8 Å². The van der Waals surface area contributed by atoms with Gasteiger partial charge in [-0.05, 0) is 90.3 Å². The molecule has 6 heteroatoms. The smallest absolute Gasteiger partial charge is 0.259 e. The lowest BCUT2D eigenvalue weighted by molar-refractivity contribution is 0.102. The van der Waals surface area contributed by atoms with Gasteiger partial charge in [-0.1, -0.05) is 32.4 Å². The Morgan fingerprint density at radius 3 is 2.48 bits per heavy atom. The van der Waals surface area contributed by atoms with Crippen molar-refractivity contribution in [2.45, 2.75) is 40.0 Å². The Kier molecular flexibility index (Phi) is 6.91. The third kappa shape index (κ3) is 5.48. The number of halogens is 1. The van der Waals surface area contributed by atoms with Crippen molar-refractivity contribution in [2.75, 3.05) is 12.4 Å². The van der Waals surface area contributed by atoms with Crippen LogP contribution in [-0.4, -0.2) is 19.2 Å².